The minimum Gasteiger partial charge on any atom is -0.481 e. The van der Waals surface area contributed by atoms with Crippen molar-refractivity contribution in [3.63, 3.8) is 0 Å². The van der Waals surface area contributed by atoms with Gasteiger partial charge in [0.2, 0.25) is 5.95 Å². The largest absolute Gasteiger partial charge is 0.481 e. The summed E-state index contributed by atoms with van der Waals surface area (Å²) in [7, 11) is 0. The first-order valence-corrected chi connectivity index (χ1v) is 7.64. The van der Waals surface area contributed by atoms with Crippen molar-refractivity contribution in [2.75, 3.05) is 5.73 Å². The maximum atomic E-state index is 11.7. The molecule has 24 heavy (non-hydrogen) atoms. The van der Waals surface area contributed by atoms with Gasteiger partial charge in [0, 0.05) is 18.5 Å². The van der Waals surface area contributed by atoms with Crippen LogP contribution in [0.15, 0.2) is 42.7 Å². The second-order valence-corrected chi connectivity index (χ2v) is 5.88. The summed E-state index contributed by atoms with van der Waals surface area (Å²) >= 11 is 0. The van der Waals surface area contributed by atoms with Crippen LogP contribution in [0.4, 0.5) is 5.95 Å². The standard InChI is InChI=1S/C16H16N6O2/c17-16-19-14-6-12(15(23)24)13(9-22(14)20-16)10-7-18-21(8-10)11-4-2-1-3-5-11/h1-5,7-8,12-13H,6,9H2,(H2,17,20)(H,23,24). The molecule has 0 saturated carbocycles. The fourth-order valence-electron chi connectivity index (χ4n) is 3.19. The average molecular weight is 324 g/mol. The van der Waals surface area contributed by atoms with Gasteiger partial charge in [-0.05, 0) is 17.7 Å². The highest BCUT2D eigenvalue weighted by Crippen LogP contribution is 2.33. The van der Waals surface area contributed by atoms with Gasteiger partial charge < -0.3 is 10.8 Å². The third-order valence-corrected chi connectivity index (χ3v) is 4.39. The number of fused-ring (bicyclic) bond motifs is 1. The molecule has 1 aliphatic heterocycles. The molecule has 1 aromatic carbocycles. The van der Waals surface area contributed by atoms with Crippen LogP contribution in [-0.4, -0.2) is 35.6 Å². The number of hydrogen-bond acceptors (Lipinski definition) is 5. The van der Waals surface area contributed by atoms with Crippen molar-refractivity contribution in [3.05, 3.63) is 54.1 Å². The number of carboxylic acid groups (broad SMARTS) is 1. The van der Waals surface area contributed by atoms with E-state index < -0.39 is 11.9 Å². The minimum absolute atomic E-state index is 0.176. The van der Waals surface area contributed by atoms with Crippen LogP contribution in [0.25, 0.3) is 5.69 Å². The van der Waals surface area contributed by atoms with Gasteiger partial charge in [-0.3, -0.25) is 4.79 Å². The van der Waals surface area contributed by atoms with Crippen molar-refractivity contribution in [2.24, 2.45) is 5.92 Å². The molecule has 0 saturated heterocycles. The zero-order valence-electron chi connectivity index (χ0n) is 12.8. The van der Waals surface area contributed by atoms with Crippen molar-refractivity contribution < 1.29 is 9.90 Å². The van der Waals surface area contributed by atoms with Crippen LogP contribution in [-0.2, 0) is 17.8 Å². The summed E-state index contributed by atoms with van der Waals surface area (Å²) in [5, 5.41) is 18.1. The lowest BCUT2D eigenvalue weighted by molar-refractivity contribution is -0.143. The van der Waals surface area contributed by atoms with E-state index in [0.29, 0.717) is 18.8 Å². The Bertz CT molecular complexity index is 885. The summed E-state index contributed by atoms with van der Waals surface area (Å²) in [6.45, 7) is 0.428. The Morgan fingerprint density at radius 3 is 2.83 bits per heavy atom. The number of hydrogen-bond donors (Lipinski definition) is 2. The van der Waals surface area contributed by atoms with Gasteiger partial charge in [-0.25, -0.2) is 9.36 Å². The molecule has 0 fully saturated rings. The normalized spacial score (nSPS) is 19.8. The minimum atomic E-state index is -0.847. The molecule has 3 heterocycles. The molecular formula is C16H16N6O2. The summed E-state index contributed by atoms with van der Waals surface area (Å²) in [5.41, 5.74) is 7.43. The first-order chi connectivity index (χ1) is 11.6. The van der Waals surface area contributed by atoms with Gasteiger partial charge >= 0.3 is 5.97 Å². The number of nitrogens with two attached hydrogens (primary N) is 1. The first-order valence-electron chi connectivity index (χ1n) is 7.64. The molecule has 2 aromatic heterocycles. The summed E-state index contributed by atoms with van der Waals surface area (Å²) in [6, 6.07) is 9.70. The van der Waals surface area contributed by atoms with Gasteiger partial charge in [0.1, 0.15) is 5.82 Å². The molecule has 8 nitrogen and oxygen atoms in total. The van der Waals surface area contributed by atoms with E-state index in [1.807, 2.05) is 36.5 Å². The highest BCUT2D eigenvalue weighted by molar-refractivity contribution is 5.72. The smallest absolute Gasteiger partial charge is 0.307 e. The van der Waals surface area contributed by atoms with Crippen LogP contribution in [0.2, 0.25) is 0 Å². The molecule has 1 aliphatic rings. The van der Waals surface area contributed by atoms with Crippen LogP contribution < -0.4 is 5.73 Å². The van der Waals surface area contributed by atoms with E-state index in [-0.39, 0.29) is 11.9 Å². The van der Waals surface area contributed by atoms with E-state index in [0.717, 1.165) is 11.3 Å². The second kappa shape index (κ2) is 5.48. The van der Waals surface area contributed by atoms with Crippen LogP contribution in [0.3, 0.4) is 0 Å². The Kier molecular flexibility index (Phi) is 3.30. The molecule has 0 radical (unpaired) electrons. The van der Waals surface area contributed by atoms with Crippen LogP contribution in [0.5, 0.6) is 0 Å². The molecule has 122 valence electrons. The van der Waals surface area contributed by atoms with E-state index >= 15 is 0 Å². The summed E-state index contributed by atoms with van der Waals surface area (Å²) < 4.78 is 3.44. The fourth-order valence-corrected chi connectivity index (χ4v) is 3.19. The van der Waals surface area contributed by atoms with Crippen molar-refractivity contribution >= 4 is 11.9 Å². The summed E-state index contributed by atoms with van der Waals surface area (Å²) in [4.78, 5) is 15.8. The van der Waals surface area contributed by atoms with Crippen LogP contribution >= 0.6 is 0 Å². The zero-order chi connectivity index (χ0) is 16.7. The lowest BCUT2D eigenvalue weighted by Crippen LogP contribution is -2.33. The van der Waals surface area contributed by atoms with E-state index in [1.54, 1.807) is 15.6 Å². The molecule has 3 N–H and O–H groups in total. The van der Waals surface area contributed by atoms with Gasteiger partial charge in [-0.1, -0.05) is 18.2 Å². The van der Waals surface area contributed by atoms with E-state index in [1.165, 1.54) is 0 Å². The Hall–Kier alpha value is -3.16. The lowest BCUT2D eigenvalue weighted by Gasteiger charge is -2.27. The van der Waals surface area contributed by atoms with E-state index in [2.05, 4.69) is 15.2 Å². The predicted octanol–water partition coefficient (Wildman–Crippen LogP) is 1.09. The van der Waals surface area contributed by atoms with E-state index in [4.69, 9.17) is 5.73 Å². The number of aliphatic carboxylic acids is 1. The van der Waals surface area contributed by atoms with Gasteiger partial charge in [0.15, 0.2) is 0 Å². The number of carboxylic acids is 1. The SMILES string of the molecule is Nc1nc2n(n1)CC(c1cnn(-c3ccccc3)c1)C(C(=O)O)C2. The molecule has 0 aliphatic carbocycles. The number of benzene rings is 1. The molecule has 0 bridgehead atoms. The quantitative estimate of drug-likeness (QED) is 0.746. The zero-order valence-corrected chi connectivity index (χ0v) is 12.8. The van der Waals surface area contributed by atoms with Crippen LogP contribution in [0.1, 0.15) is 17.3 Å². The van der Waals surface area contributed by atoms with Gasteiger partial charge in [0.05, 0.1) is 24.3 Å². The monoisotopic (exact) mass is 324 g/mol. The average Bonchev–Trinajstić information content (AvgIpc) is 3.19. The molecule has 3 aromatic rings. The Morgan fingerprint density at radius 2 is 2.08 bits per heavy atom. The molecule has 8 heteroatoms. The third kappa shape index (κ3) is 2.41. The predicted molar refractivity (Wildman–Crippen MR) is 85.6 cm³/mol. The number of anilines is 1. The van der Waals surface area contributed by atoms with Crippen molar-refractivity contribution in [2.45, 2.75) is 18.9 Å². The molecular weight excluding hydrogens is 308 g/mol. The molecule has 2 atom stereocenters. The molecule has 0 spiro atoms. The van der Waals surface area contributed by atoms with Crippen molar-refractivity contribution in [1.82, 2.24) is 24.5 Å². The highest BCUT2D eigenvalue weighted by Gasteiger charge is 2.37. The maximum absolute atomic E-state index is 11.7. The first kappa shape index (κ1) is 14.4. The Morgan fingerprint density at radius 1 is 1.29 bits per heavy atom. The van der Waals surface area contributed by atoms with Gasteiger partial charge in [-0.2, -0.15) is 10.1 Å². The molecule has 0 amide bonds. The van der Waals surface area contributed by atoms with E-state index in [9.17, 15) is 9.90 Å². The number of nitrogens with zero attached hydrogens (tertiary/aromatic N) is 5. The third-order valence-electron chi connectivity index (χ3n) is 4.39. The number of nitrogen functional groups attached to an aromatic ring is 1. The number of rotatable bonds is 3. The number of aromatic nitrogens is 5. The second-order valence-electron chi connectivity index (χ2n) is 5.88. The maximum Gasteiger partial charge on any atom is 0.307 e. The lowest BCUT2D eigenvalue weighted by atomic mass is 9.83. The number of carbonyl (C=O) groups is 1. The Labute approximate surface area is 137 Å². The van der Waals surface area contributed by atoms with Crippen molar-refractivity contribution in [1.29, 1.82) is 0 Å². The molecule has 2 unspecified atom stereocenters. The van der Waals surface area contributed by atoms with Gasteiger partial charge in [0.25, 0.3) is 0 Å². The van der Waals surface area contributed by atoms with Gasteiger partial charge in [-0.15, -0.1) is 5.10 Å². The highest BCUT2D eigenvalue weighted by atomic mass is 16.4. The summed E-state index contributed by atoms with van der Waals surface area (Å²) in [6.07, 6.45) is 3.90. The number of para-hydroxylation sites is 1. The topological polar surface area (TPSA) is 112 Å². The molecule has 4 rings (SSSR count). The Balaban J connectivity index is 1.69. The fraction of sp³-hybridized carbons (Fsp3) is 0.250. The van der Waals surface area contributed by atoms with Crippen molar-refractivity contribution in [3.8, 4) is 5.69 Å². The van der Waals surface area contributed by atoms with Crippen LogP contribution in [0, 0.1) is 5.92 Å². The summed E-state index contributed by atoms with van der Waals surface area (Å²) in [5.74, 6) is -0.857.